The molecule has 0 aromatic heterocycles. The van der Waals surface area contributed by atoms with Crippen molar-refractivity contribution in [2.24, 2.45) is 0 Å². The monoisotopic (exact) mass is 219 g/mol. The van der Waals surface area contributed by atoms with E-state index in [0.29, 0.717) is 19.6 Å². The van der Waals surface area contributed by atoms with E-state index in [9.17, 15) is 4.79 Å². The highest BCUT2D eigenvalue weighted by Crippen LogP contribution is 2.08. The van der Waals surface area contributed by atoms with Crippen LogP contribution in [0.1, 0.15) is 5.56 Å². The Hall–Kier alpha value is -1.19. The minimum atomic E-state index is -0.251. The van der Waals surface area contributed by atoms with Crippen LogP contribution in [0.25, 0.3) is 0 Å². The van der Waals surface area contributed by atoms with Gasteiger partial charge in [-0.25, -0.2) is 0 Å². The maximum Gasteiger partial charge on any atom is 0.167 e. The third kappa shape index (κ3) is 2.90. The third-order valence-corrected chi connectivity index (χ3v) is 2.85. The second kappa shape index (κ2) is 5.23. The highest BCUT2D eigenvalue weighted by Gasteiger charge is 2.24. The normalized spacial score (nSPS) is 21.9. The summed E-state index contributed by atoms with van der Waals surface area (Å²) >= 11 is 0. The van der Waals surface area contributed by atoms with Crippen LogP contribution in [-0.4, -0.2) is 43.5 Å². The number of rotatable bonds is 3. The molecular formula is C13H17NO2. The van der Waals surface area contributed by atoms with Crippen molar-refractivity contribution in [2.75, 3.05) is 26.7 Å². The lowest BCUT2D eigenvalue weighted by Crippen LogP contribution is -2.44. The number of carbonyl (C=O) groups is 1. The molecule has 0 N–H and O–H groups in total. The standard InChI is InChI=1S/C13H17NO2/c1-14-7-8-16-13(10-14)12(15)9-11-5-3-2-4-6-11/h2-6,13H,7-10H2,1H3. The zero-order valence-corrected chi connectivity index (χ0v) is 9.56. The van der Waals surface area contributed by atoms with Gasteiger partial charge in [0.1, 0.15) is 6.10 Å². The second-order valence-corrected chi connectivity index (χ2v) is 4.25. The van der Waals surface area contributed by atoms with E-state index in [1.807, 2.05) is 37.4 Å². The first-order chi connectivity index (χ1) is 7.75. The van der Waals surface area contributed by atoms with Crippen LogP contribution in [0, 0.1) is 0 Å². The van der Waals surface area contributed by atoms with Crippen LogP contribution >= 0.6 is 0 Å². The van der Waals surface area contributed by atoms with Crippen molar-refractivity contribution in [3.05, 3.63) is 35.9 Å². The van der Waals surface area contributed by atoms with Crippen LogP contribution in [0.4, 0.5) is 0 Å². The SMILES string of the molecule is CN1CCOC(C(=O)Cc2ccccc2)C1. The van der Waals surface area contributed by atoms with Crippen molar-refractivity contribution in [2.45, 2.75) is 12.5 Å². The van der Waals surface area contributed by atoms with Crippen LogP contribution in [0.3, 0.4) is 0 Å². The number of hydrogen-bond donors (Lipinski definition) is 0. The Morgan fingerprint density at radius 2 is 2.19 bits per heavy atom. The lowest BCUT2D eigenvalue weighted by atomic mass is 10.0. The molecule has 0 saturated carbocycles. The number of hydrogen-bond acceptors (Lipinski definition) is 3. The molecule has 1 aromatic carbocycles. The van der Waals surface area contributed by atoms with E-state index in [0.717, 1.165) is 12.1 Å². The molecule has 3 nitrogen and oxygen atoms in total. The Bertz CT molecular complexity index is 350. The van der Waals surface area contributed by atoms with E-state index >= 15 is 0 Å². The number of ketones is 1. The quantitative estimate of drug-likeness (QED) is 0.763. The van der Waals surface area contributed by atoms with Gasteiger partial charge >= 0.3 is 0 Å². The fraction of sp³-hybridized carbons (Fsp3) is 0.462. The summed E-state index contributed by atoms with van der Waals surface area (Å²) in [6.07, 6.45) is 0.221. The summed E-state index contributed by atoms with van der Waals surface area (Å²) in [6.45, 7) is 2.28. The lowest BCUT2D eigenvalue weighted by Gasteiger charge is -2.29. The maximum absolute atomic E-state index is 12.0. The Morgan fingerprint density at radius 3 is 2.88 bits per heavy atom. The molecule has 1 saturated heterocycles. The number of benzene rings is 1. The predicted octanol–water partition coefficient (Wildman–Crippen LogP) is 1.13. The summed E-state index contributed by atoms with van der Waals surface area (Å²) in [5.74, 6) is 0.178. The molecule has 1 fully saturated rings. The highest BCUT2D eigenvalue weighted by atomic mass is 16.5. The average Bonchev–Trinajstić information content (AvgIpc) is 2.30. The van der Waals surface area contributed by atoms with Gasteiger partial charge in [0.2, 0.25) is 0 Å². The molecule has 0 amide bonds. The Kier molecular flexibility index (Phi) is 3.70. The van der Waals surface area contributed by atoms with Crippen molar-refractivity contribution in [1.29, 1.82) is 0 Å². The van der Waals surface area contributed by atoms with Crippen LogP contribution in [0.2, 0.25) is 0 Å². The van der Waals surface area contributed by atoms with E-state index in [-0.39, 0.29) is 11.9 Å². The molecule has 1 heterocycles. The number of carbonyl (C=O) groups excluding carboxylic acids is 1. The maximum atomic E-state index is 12.0. The number of morpholine rings is 1. The Balaban J connectivity index is 1.93. The molecule has 0 spiro atoms. The van der Waals surface area contributed by atoms with Gasteiger partial charge in [0.05, 0.1) is 6.61 Å². The summed E-state index contributed by atoms with van der Waals surface area (Å²) in [5.41, 5.74) is 1.06. The molecule has 2 rings (SSSR count). The number of ether oxygens (including phenoxy) is 1. The largest absolute Gasteiger partial charge is 0.368 e. The molecule has 1 aliphatic heterocycles. The molecule has 1 unspecified atom stereocenters. The van der Waals surface area contributed by atoms with E-state index in [1.165, 1.54) is 0 Å². The average molecular weight is 219 g/mol. The van der Waals surface area contributed by atoms with Gasteiger partial charge in [-0.05, 0) is 12.6 Å². The molecule has 0 bridgehead atoms. The highest BCUT2D eigenvalue weighted by molar-refractivity contribution is 5.85. The molecular weight excluding hydrogens is 202 g/mol. The van der Waals surface area contributed by atoms with Gasteiger partial charge in [-0.2, -0.15) is 0 Å². The van der Waals surface area contributed by atoms with Crippen molar-refractivity contribution >= 4 is 5.78 Å². The van der Waals surface area contributed by atoms with Crippen molar-refractivity contribution in [1.82, 2.24) is 4.90 Å². The van der Waals surface area contributed by atoms with Gasteiger partial charge < -0.3 is 9.64 Å². The van der Waals surface area contributed by atoms with Gasteiger partial charge in [0, 0.05) is 19.5 Å². The first kappa shape index (κ1) is 11.3. The molecule has 86 valence electrons. The molecule has 1 atom stereocenters. The number of likely N-dealkylation sites (N-methyl/N-ethyl adjacent to an activating group) is 1. The van der Waals surface area contributed by atoms with E-state index < -0.39 is 0 Å². The molecule has 16 heavy (non-hydrogen) atoms. The predicted molar refractivity (Wildman–Crippen MR) is 62.4 cm³/mol. The zero-order valence-electron chi connectivity index (χ0n) is 9.56. The van der Waals surface area contributed by atoms with Crippen LogP contribution in [0.5, 0.6) is 0 Å². The van der Waals surface area contributed by atoms with Gasteiger partial charge in [-0.1, -0.05) is 30.3 Å². The lowest BCUT2D eigenvalue weighted by molar-refractivity contribution is -0.134. The smallest absolute Gasteiger partial charge is 0.167 e. The van der Waals surface area contributed by atoms with Crippen molar-refractivity contribution in [3.63, 3.8) is 0 Å². The molecule has 1 aliphatic rings. The van der Waals surface area contributed by atoms with Gasteiger partial charge in [-0.3, -0.25) is 4.79 Å². The Labute approximate surface area is 96.0 Å². The summed E-state index contributed by atoms with van der Waals surface area (Å²) in [4.78, 5) is 14.1. The minimum Gasteiger partial charge on any atom is -0.368 e. The van der Waals surface area contributed by atoms with E-state index in [4.69, 9.17) is 4.74 Å². The first-order valence-electron chi connectivity index (χ1n) is 5.62. The van der Waals surface area contributed by atoms with Crippen molar-refractivity contribution in [3.8, 4) is 0 Å². The molecule has 0 radical (unpaired) electrons. The zero-order chi connectivity index (χ0) is 11.4. The summed E-state index contributed by atoms with van der Waals surface area (Å²) < 4.78 is 5.49. The van der Waals surface area contributed by atoms with E-state index in [1.54, 1.807) is 0 Å². The fourth-order valence-electron chi connectivity index (χ4n) is 1.88. The van der Waals surface area contributed by atoms with Gasteiger partial charge in [0.25, 0.3) is 0 Å². The second-order valence-electron chi connectivity index (χ2n) is 4.25. The van der Waals surface area contributed by atoms with Gasteiger partial charge in [0.15, 0.2) is 5.78 Å². The van der Waals surface area contributed by atoms with Crippen LogP contribution < -0.4 is 0 Å². The minimum absolute atomic E-state index is 0.178. The first-order valence-corrected chi connectivity index (χ1v) is 5.62. The number of nitrogens with zero attached hydrogens (tertiary/aromatic N) is 1. The summed E-state index contributed by atoms with van der Waals surface area (Å²) in [7, 11) is 2.02. The van der Waals surface area contributed by atoms with E-state index in [2.05, 4.69) is 4.90 Å². The van der Waals surface area contributed by atoms with Crippen LogP contribution in [-0.2, 0) is 16.0 Å². The fourth-order valence-corrected chi connectivity index (χ4v) is 1.88. The third-order valence-electron chi connectivity index (χ3n) is 2.85. The van der Waals surface area contributed by atoms with Crippen LogP contribution in [0.15, 0.2) is 30.3 Å². The Morgan fingerprint density at radius 1 is 1.44 bits per heavy atom. The van der Waals surface area contributed by atoms with Crippen molar-refractivity contribution < 1.29 is 9.53 Å². The summed E-state index contributed by atoms with van der Waals surface area (Å²) in [5, 5.41) is 0. The topological polar surface area (TPSA) is 29.5 Å². The summed E-state index contributed by atoms with van der Waals surface area (Å²) in [6, 6.07) is 9.82. The molecule has 3 heteroatoms. The van der Waals surface area contributed by atoms with Gasteiger partial charge in [-0.15, -0.1) is 0 Å². The molecule has 1 aromatic rings. The molecule has 0 aliphatic carbocycles. The number of Topliss-reactive ketones (excluding diaryl/α,β-unsaturated/α-hetero) is 1.